The Kier molecular flexibility index (Phi) is 4.11. The summed E-state index contributed by atoms with van der Waals surface area (Å²) in [6.45, 7) is 9.42. The molecule has 0 radical (unpaired) electrons. The molecule has 20 heavy (non-hydrogen) atoms. The highest BCUT2D eigenvalue weighted by molar-refractivity contribution is 5.22. The van der Waals surface area contributed by atoms with Gasteiger partial charge in [0, 0.05) is 0 Å². The Hall–Kier alpha value is -0.520. The fourth-order valence-corrected chi connectivity index (χ4v) is 5.43. The van der Waals surface area contributed by atoms with Gasteiger partial charge in [0.15, 0.2) is 0 Å². The Labute approximate surface area is 125 Å². The Bertz CT molecular complexity index is 402. The van der Waals surface area contributed by atoms with E-state index in [1.165, 1.54) is 69.8 Å². The molecule has 0 nitrogen and oxygen atoms in total. The minimum Gasteiger partial charge on any atom is -0.0999 e. The molecular formula is C20H32. The third kappa shape index (κ3) is 2.51. The van der Waals surface area contributed by atoms with Crippen molar-refractivity contribution in [2.75, 3.05) is 0 Å². The normalized spacial score (nSPS) is 42.6. The van der Waals surface area contributed by atoms with E-state index in [1.54, 1.807) is 0 Å². The molecule has 0 spiro atoms. The van der Waals surface area contributed by atoms with Gasteiger partial charge in [-0.1, -0.05) is 44.1 Å². The van der Waals surface area contributed by atoms with E-state index in [1.807, 2.05) is 5.57 Å². The molecule has 0 N–H and O–H groups in total. The van der Waals surface area contributed by atoms with Crippen LogP contribution in [0.25, 0.3) is 0 Å². The lowest BCUT2D eigenvalue weighted by molar-refractivity contribution is 0.0679. The summed E-state index contributed by atoms with van der Waals surface area (Å²) >= 11 is 0. The van der Waals surface area contributed by atoms with Crippen molar-refractivity contribution in [1.82, 2.24) is 0 Å². The second-order valence-electron chi connectivity index (χ2n) is 8.02. The molecule has 112 valence electrons. The Morgan fingerprint density at radius 1 is 1.10 bits per heavy atom. The third-order valence-corrected chi connectivity index (χ3v) is 6.83. The maximum Gasteiger partial charge on any atom is -0.00853 e. The Morgan fingerprint density at radius 3 is 2.80 bits per heavy atom. The van der Waals surface area contributed by atoms with Gasteiger partial charge >= 0.3 is 0 Å². The Balaban J connectivity index is 1.89. The molecule has 3 aliphatic rings. The molecule has 3 rings (SSSR count). The summed E-state index contributed by atoms with van der Waals surface area (Å²) in [5.41, 5.74) is 3.88. The lowest BCUT2D eigenvalue weighted by Gasteiger charge is -2.51. The van der Waals surface area contributed by atoms with Crippen LogP contribution in [0, 0.1) is 23.2 Å². The zero-order valence-electron chi connectivity index (χ0n) is 13.6. The number of rotatable bonds is 0. The zero-order valence-corrected chi connectivity index (χ0v) is 13.6. The average molecular weight is 272 g/mol. The third-order valence-electron chi connectivity index (χ3n) is 6.83. The van der Waals surface area contributed by atoms with Crippen molar-refractivity contribution in [3.63, 3.8) is 0 Å². The van der Waals surface area contributed by atoms with Crippen molar-refractivity contribution in [2.24, 2.45) is 23.2 Å². The molecule has 0 heterocycles. The van der Waals surface area contributed by atoms with Crippen molar-refractivity contribution in [2.45, 2.75) is 78.1 Å². The van der Waals surface area contributed by atoms with Gasteiger partial charge in [-0.05, 0) is 81.0 Å². The molecule has 0 amide bonds. The zero-order chi connectivity index (χ0) is 14.2. The molecule has 2 fully saturated rings. The summed E-state index contributed by atoms with van der Waals surface area (Å²) in [4.78, 5) is 0. The smallest absolute Gasteiger partial charge is 0.00853 e. The molecule has 2 saturated carbocycles. The summed E-state index contributed by atoms with van der Waals surface area (Å²) in [5, 5.41) is 0. The quantitative estimate of drug-likeness (QED) is 0.455. The number of allylic oxidation sites excluding steroid dienone is 3. The average Bonchev–Trinajstić information content (AvgIpc) is 2.50. The second-order valence-corrected chi connectivity index (χ2v) is 8.02. The second kappa shape index (κ2) is 5.70. The number of fused-ring (bicyclic) bond motifs is 3. The lowest BCUT2D eigenvalue weighted by atomic mass is 9.54. The van der Waals surface area contributed by atoms with Crippen LogP contribution in [0.4, 0.5) is 0 Å². The standard InChI is InChI=1S/C20H32/c1-15-7-6-9-19-18(16(2)11-10-15)13-12-17-8-4-5-14-20(17,19)3/h12,16,18-19H,1,4-11,13-14H2,2-3H3. The number of hydrogen-bond acceptors (Lipinski definition) is 0. The van der Waals surface area contributed by atoms with Crippen LogP contribution < -0.4 is 0 Å². The van der Waals surface area contributed by atoms with Crippen molar-refractivity contribution in [3.8, 4) is 0 Å². The van der Waals surface area contributed by atoms with Gasteiger partial charge in [-0.3, -0.25) is 0 Å². The van der Waals surface area contributed by atoms with Crippen LogP contribution in [0.15, 0.2) is 23.8 Å². The highest BCUT2D eigenvalue weighted by atomic mass is 14.5. The maximum absolute atomic E-state index is 4.30. The van der Waals surface area contributed by atoms with E-state index in [0.717, 1.165) is 17.8 Å². The highest BCUT2D eigenvalue weighted by Gasteiger charge is 2.45. The van der Waals surface area contributed by atoms with Gasteiger partial charge in [0.2, 0.25) is 0 Å². The monoisotopic (exact) mass is 272 g/mol. The van der Waals surface area contributed by atoms with Crippen molar-refractivity contribution in [3.05, 3.63) is 23.8 Å². The first-order valence-electron chi connectivity index (χ1n) is 8.97. The predicted octanol–water partition coefficient (Wildman–Crippen LogP) is 6.29. The van der Waals surface area contributed by atoms with E-state index >= 15 is 0 Å². The van der Waals surface area contributed by atoms with Crippen molar-refractivity contribution >= 4 is 0 Å². The van der Waals surface area contributed by atoms with Crippen LogP contribution in [0.3, 0.4) is 0 Å². The van der Waals surface area contributed by atoms with E-state index in [0.29, 0.717) is 5.41 Å². The SMILES string of the molecule is C=C1CCCC2C(CC=C3CCCCC32C)C(C)CC1. The first-order chi connectivity index (χ1) is 9.61. The van der Waals surface area contributed by atoms with E-state index in [4.69, 9.17) is 0 Å². The van der Waals surface area contributed by atoms with Crippen LogP contribution in [0.5, 0.6) is 0 Å². The molecule has 0 bridgehead atoms. The number of hydrogen-bond donors (Lipinski definition) is 0. The van der Waals surface area contributed by atoms with Gasteiger partial charge in [0.05, 0.1) is 0 Å². The van der Waals surface area contributed by atoms with Crippen molar-refractivity contribution < 1.29 is 0 Å². The summed E-state index contributed by atoms with van der Waals surface area (Å²) < 4.78 is 0. The van der Waals surface area contributed by atoms with Gasteiger partial charge < -0.3 is 0 Å². The predicted molar refractivity (Wildman–Crippen MR) is 87.6 cm³/mol. The molecule has 0 aromatic rings. The molecule has 0 aliphatic heterocycles. The van der Waals surface area contributed by atoms with E-state index in [9.17, 15) is 0 Å². The fraction of sp³-hybridized carbons (Fsp3) is 0.800. The largest absolute Gasteiger partial charge is 0.0999 e. The van der Waals surface area contributed by atoms with E-state index in [2.05, 4.69) is 26.5 Å². The van der Waals surface area contributed by atoms with Crippen LogP contribution in [-0.4, -0.2) is 0 Å². The molecule has 3 aliphatic carbocycles. The van der Waals surface area contributed by atoms with Crippen LogP contribution >= 0.6 is 0 Å². The lowest BCUT2D eigenvalue weighted by Crippen LogP contribution is -2.41. The molecule has 0 aromatic heterocycles. The van der Waals surface area contributed by atoms with E-state index < -0.39 is 0 Å². The van der Waals surface area contributed by atoms with Gasteiger partial charge in [0.1, 0.15) is 0 Å². The van der Waals surface area contributed by atoms with Crippen LogP contribution in [0.1, 0.15) is 78.1 Å². The first-order valence-corrected chi connectivity index (χ1v) is 8.97. The summed E-state index contributed by atoms with van der Waals surface area (Å²) in [7, 11) is 0. The van der Waals surface area contributed by atoms with Crippen LogP contribution in [0.2, 0.25) is 0 Å². The topological polar surface area (TPSA) is 0 Å². The van der Waals surface area contributed by atoms with E-state index in [-0.39, 0.29) is 0 Å². The minimum absolute atomic E-state index is 0.543. The minimum atomic E-state index is 0.543. The summed E-state index contributed by atoms with van der Waals surface area (Å²) in [5.74, 6) is 2.77. The van der Waals surface area contributed by atoms with Gasteiger partial charge in [0.25, 0.3) is 0 Å². The van der Waals surface area contributed by atoms with Crippen molar-refractivity contribution in [1.29, 1.82) is 0 Å². The summed E-state index contributed by atoms with van der Waals surface area (Å²) in [6.07, 6.45) is 16.5. The maximum atomic E-state index is 4.30. The van der Waals surface area contributed by atoms with Gasteiger partial charge in [-0.25, -0.2) is 0 Å². The Morgan fingerprint density at radius 2 is 1.95 bits per heavy atom. The summed E-state index contributed by atoms with van der Waals surface area (Å²) in [6, 6.07) is 0. The molecule has 4 unspecified atom stereocenters. The molecule has 0 aromatic carbocycles. The van der Waals surface area contributed by atoms with Crippen LogP contribution in [-0.2, 0) is 0 Å². The first kappa shape index (κ1) is 14.4. The highest BCUT2D eigenvalue weighted by Crippen LogP contribution is 2.56. The molecule has 4 atom stereocenters. The van der Waals surface area contributed by atoms with Gasteiger partial charge in [-0.15, -0.1) is 0 Å². The molecule has 0 saturated heterocycles. The molecular weight excluding hydrogens is 240 g/mol. The van der Waals surface area contributed by atoms with Gasteiger partial charge in [-0.2, -0.15) is 0 Å². The fourth-order valence-electron chi connectivity index (χ4n) is 5.43. The molecule has 0 heteroatoms.